The van der Waals surface area contributed by atoms with Crippen LogP contribution < -0.4 is 5.73 Å². The van der Waals surface area contributed by atoms with Crippen LogP contribution in [0.5, 0.6) is 0 Å². The molecule has 0 aromatic heterocycles. The van der Waals surface area contributed by atoms with Crippen LogP contribution in [-0.2, 0) is 13.0 Å². The molecule has 0 spiro atoms. The van der Waals surface area contributed by atoms with E-state index in [1.54, 1.807) is 0 Å². The zero-order valence-corrected chi connectivity index (χ0v) is 11.0. The monoisotopic (exact) mass is 232 g/mol. The predicted octanol–water partition coefficient (Wildman–Crippen LogP) is 2.42. The third-order valence-electron chi connectivity index (χ3n) is 4.00. The molecule has 0 bridgehead atoms. The first-order valence-electron chi connectivity index (χ1n) is 6.75. The summed E-state index contributed by atoms with van der Waals surface area (Å²) in [7, 11) is 0. The number of nitrogens with zero attached hydrogens (tertiary/aromatic N) is 1. The first kappa shape index (κ1) is 12.6. The Morgan fingerprint density at radius 3 is 2.59 bits per heavy atom. The standard InChI is InChI=1S/C15H24N2/c1-3-14-6-4-5-7-15(14)11-17-10-13(9-16)8-12(17)2/h4-7,12-13H,3,8-11,16H2,1-2H3. The molecular formula is C15H24N2. The zero-order chi connectivity index (χ0) is 12.3. The molecule has 1 aromatic rings. The highest BCUT2D eigenvalue weighted by atomic mass is 15.2. The Morgan fingerprint density at radius 2 is 2.00 bits per heavy atom. The summed E-state index contributed by atoms with van der Waals surface area (Å²) in [5, 5.41) is 0. The van der Waals surface area contributed by atoms with Crippen molar-refractivity contribution >= 4 is 0 Å². The summed E-state index contributed by atoms with van der Waals surface area (Å²) in [6.07, 6.45) is 2.38. The fraction of sp³-hybridized carbons (Fsp3) is 0.600. The number of hydrogen-bond acceptors (Lipinski definition) is 2. The van der Waals surface area contributed by atoms with Gasteiger partial charge < -0.3 is 5.73 Å². The lowest BCUT2D eigenvalue weighted by atomic mass is 10.0. The van der Waals surface area contributed by atoms with Gasteiger partial charge in [-0.1, -0.05) is 31.2 Å². The molecule has 1 aliphatic heterocycles. The summed E-state index contributed by atoms with van der Waals surface area (Å²) in [4.78, 5) is 2.58. The molecule has 2 atom stereocenters. The number of rotatable bonds is 4. The summed E-state index contributed by atoms with van der Waals surface area (Å²) < 4.78 is 0. The van der Waals surface area contributed by atoms with Crippen molar-refractivity contribution in [2.24, 2.45) is 11.7 Å². The quantitative estimate of drug-likeness (QED) is 0.864. The van der Waals surface area contributed by atoms with E-state index in [1.165, 1.54) is 17.5 Å². The van der Waals surface area contributed by atoms with Crippen molar-refractivity contribution in [3.8, 4) is 0 Å². The largest absolute Gasteiger partial charge is 0.330 e. The molecule has 1 aromatic carbocycles. The molecule has 0 radical (unpaired) electrons. The molecule has 0 amide bonds. The second-order valence-electron chi connectivity index (χ2n) is 5.24. The molecule has 1 fully saturated rings. The molecule has 2 nitrogen and oxygen atoms in total. The van der Waals surface area contributed by atoms with Crippen LogP contribution in [0.1, 0.15) is 31.4 Å². The Kier molecular flexibility index (Phi) is 4.19. The van der Waals surface area contributed by atoms with Crippen LogP contribution in [0, 0.1) is 5.92 Å². The van der Waals surface area contributed by atoms with E-state index in [9.17, 15) is 0 Å². The molecule has 2 heteroatoms. The maximum absolute atomic E-state index is 5.78. The average molecular weight is 232 g/mol. The van der Waals surface area contributed by atoms with Gasteiger partial charge in [0.05, 0.1) is 0 Å². The summed E-state index contributed by atoms with van der Waals surface area (Å²) in [5.41, 5.74) is 8.75. The number of likely N-dealkylation sites (tertiary alicyclic amines) is 1. The molecule has 0 saturated carbocycles. The lowest BCUT2D eigenvalue weighted by molar-refractivity contribution is 0.255. The van der Waals surface area contributed by atoms with E-state index in [2.05, 4.69) is 43.0 Å². The Labute approximate surface area is 105 Å². The number of benzene rings is 1. The van der Waals surface area contributed by atoms with Gasteiger partial charge in [0, 0.05) is 19.1 Å². The van der Waals surface area contributed by atoms with E-state index in [0.717, 1.165) is 26.1 Å². The van der Waals surface area contributed by atoms with Gasteiger partial charge in [-0.05, 0) is 43.4 Å². The van der Waals surface area contributed by atoms with E-state index in [4.69, 9.17) is 5.73 Å². The van der Waals surface area contributed by atoms with Crippen molar-refractivity contribution in [3.05, 3.63) is 35.4 Å². The van der Waals surface area contributed by atoms with E-state index in [0.29, 0.717) is 12.0 Å². The van der Waals surface area contributed by atoms with Crippen LogP contribution in [0.3, 0.4) is 0 Å². The van der Waals surface area contributed by atoms with Gasteiger partial charge >= 0.3 is 0 Å². The Hall–Kier alpha value is -0.860. The van der Waals surface area contributed by atoms with Crippen LogP contribution in [0.25, 0.3) is 0 Å². The lowest BCUT2D eigenvalue weighted by Gasteiger charge is -2.22. The Morgan fingerprint density at radius 1 is 1.29 bits per heavy atom. The van der Waals surface area contributed by atoms with Crippen LogP contribution >= 0.6 is 0 Å². The van der Waals surface area contributed by atoms with Gasteiger partial charge in [0.15, 0.2) is 0 Å². The van der Waals surface area contributed by atoms with Crippen molar-refractivity contribution in [1.82, 2.24) is 4.90 Å². The van der Waals surface area contributed by atoms with Crippen molar-refractivity contribution in [2.75, 3.05) is 13.1 Å². The highest BCUT2D eigenvalue weighted by Crippen LogP contribution is 2.25. The second kappa shape index (κ2) is 5.65. The normalized spacial score (nSPS) is 25.4. The zero-order valence-electron chi connectivity index (χ0n) is 11.0. The molecule has 17 heavy (non-hydrogen) atoms. The van der Waals surface area contributed by atoms with Crippen LogP contribution in [0.15, 0.2) is 24.3 Å². The van der Waals surface area contributed by atoms with E-state index < -0.39 is 0 Å². The van der Waals surface area contributed by atoms with E-state index in [-0.39, 0.29) is 0 Å². The molecule has 1 saturated heterocycles. The van der Waals surface area contributed by atoms with Gasteiger partial charge in [-0.15, -0.1) is 0 Å². The van der Waals surface area contributed by atoms with Crippen LogP contribution in [0.4, 0.5) is 0 Å². The van der Waals surface area contributed by atoms with Crippen molar-refractivity contribution in [3.63, 3.8) is 0 Å². The van der Waals surface area contributed by atoms with Crippen molar-refractivity contribution in [1.29, 1.82) is 0 Å². The molecule has 2 N–H and O–H groups in total. The summed E-state index contributed by atoms with van der Waals surface area (Å²) >= 11 is 0. The topological polar surface area (TPSA) is 29.3 Å². The van der Waals surface area contributed by atoms with E-state index >= 15 is 0 Å². The maximum atomic E-state index is 5.78. The minimum Gasteiger partial charge on any atom is -0.330 e. The number of aryl methyl sites for hydroxylation is 1. The van der Waals surface area contributed by atoms with Gasteiger partial charge in [0.25, 0.3) is 0 Å². The molecule has 0 aliphatic carbocycles. The summed E-state index contributed by atoms with van der Waals surface area (Å²) in [5.74, 6) is 0.693. The minimum atomic E-state index is 0.675. The third kappa shape index (κ3) is 2.88. The number of hydrogen-bond donors (Lipinski definition) is 1. The Bertz CT molecular complexity index is 362. The third-order valence-corrected chi connectivity index (χ3v) is 4.00. The van der Waals surface area contributed by atoms with Crippen molar-refractivity contribution in [2.45, 2.75) is 39.3 Å². The molecule has 1 aliphatic rings. The molecular weight excluding hydrogens is 208 g/mol. The first-order valence-corrected chi connectivity index (χ1v) is 6.75. The number of nitrogens with two attached hydrogens (primary N) is 1. The highest BCUT2D eigenvalue weighted by Gasteiger charge is 2.28. The fourth-order valence-corrected chi connectivity index (χ4v) is 2.88. The molecule has 2 rings (SSSR count). The van der Waals surface area contributed by atoms with Gasteiger partial charge in [-0.2, -0.15) is 0 Å². The second-order valence-corrected chi connectivity index (χ2v) is 5.24. The predicted molar refractivity (Wildman–Crippen MR) is 72.9 cm³/mol. The minimum absolute atomic E-state index is 0.675. The van der Waals surface area contributed by atoms with Gasteiger partial charge in [0.1, 0.15) is 0 Å². The summed E-state index contributed by atoms with van der Waals surface area (Å²) in [6, 6.07) is 9.47. The maximum Gasteiger partial charge on any atom is 0.0239 e. The highest BCUT2D eigenvalue weighted by molar-refractivity contribution is 5.27. The molecule has 94 valence electrons. The van der Waals surface area contributed by atoms with Gasteiger partial charge in [0.2, 0.25) is 0 Å². The fourth-order valence-electron chi connectivity index (χ4n) is 2.88. The lowest BCUT2D eigenvalue weighted by Crippen LogP contribution is -2.27. The molecule has 2 unspecified atom stereocenters. The smallest absolute Gasteiger partial charge is 0.0239 e. The first-order chi connectivity index (χ1) is 8.24. The SMILES string of the molecule is CCc1ccccc1CN1CC(CN)CC1C. The van der Waals surface area contributed by atoms with Crippen LogP contribution in [-0.4, -0.2) is 24.0 Å². The van der Waals surface area contributed by atoms with Gasteiger partial charge in [-0.25, -0.2) is 0 Å². The summed E-state index contributed by atoms with van der Waals surface area (Å²) in [6.45, 7) is 7.63. The van der Waals surface area contributed by atoms with E-state index in [1.807, 2.05) is 0 Å². The van der Waals surface area contributed by atoms with Crippen molar-refractivity contribution < 1.29 is 0 Å². The Balaban J connectivity index is 2.05. The average Bonchev–Trinajstić information content (AvgIpc) is 2.71. The van der Waals surface area contributed by atoms with Crippen LogP contribution in [0.2, 0.25) is 0 Å². The van der Waals surface area contributed by atoms with Gasteiger partial charge in [-0.3, -0.25) is 4.90 Å². The molecule has 1 heterocycles.